The van der Waals surface area contributed by atoms with Crippen molar-refractivity contribution in [1.82, 2.24) is 15.0 Å². The highest BCUT2D eigenvalue weighted by Crippen LogP contribution is 2.26. The van der Waals surface area contributed by atoms with E-state index < -0.39 is 0 Å². The molecule has 0 unspecified atom stereocenters. The summed E-state index contributed by atoms with van der Waals surface area (Å²) in [6.45, 7) is 0.777. The summed E-state index contributed by atoms with van der Waals surface area (Å²) in [5.74, 6) is 0. The summed E-state index contributed by atoms with van der Waals surface area (Å²) in [6.07, 6.45) is 2.33. The van der Waals surface area contributed by atoms with Gasteiger partial charge in [-0.05, 0) is 12.5 Å². The highest BCUT2D eigenvalue weighted by atomic mass is 35.5. The molecule has 4 nitrogen and oxygen atoms in total. The van der Waals surface area contributed by atoms with Gasteiger partial charge in [0.05, 0.1) is 16.9 Å². The van der Waals surface area contributed by atoms with Crippen molar-refractivity contribution in [2.45, 2.75) is 13.0 Å². The molecule has 16 heavy (non-hydrogen) atoms. The Kier molecular flexibility index (Phi) is 3.54. The second-order valence-electron chi connectivity index (χ2n) is 3.40. The van der Waals surface area contributed by atoms with E-state index >= 15 is 0 Å². The molecule has 5 heteroatoms. The summed E-state index contributed by atoms with van der Waals surface area (Å²) in [4.78, 5) is 0. The maximum atomic E-state index is 8.79. The van der Waals surface area contributed by atoms with E-state index in [1.165, 1.54) is 0 Å². The molecule has 0 aliphatic heterocycles. The molecule has 1 aromatic heterocycles. The highest BCUT2D eigenvalue weighted by molar-refractivity contribution is 6.33. The van der Waals surface area contributed by atoms with Crippen LogP contribution in [0.15, 0.2) is 30.5 Å². The third kappa shape index (κ3) is 2.23. The molecular weight excluding hydrogens is 226 g/mol. The van der Waals surface area contributed by atoms with Crippen molar-refractivity contribution in [1.29, 1.82) is 0 Å². The lowest BCUT2D eigenvalue weighted by molar-refractivity contribution is 0.276. The number of rotatable bonds is 4. The van der Waals surface area contributed by atoms with Crippen LogP contribution in [0, 0.1) is 0 Å². The smallest absolute Gasteiger partial charge is 0.0900 e. The molecule has 1 aromatic carbocycles. The molecule has 2 rings (SSSR count). The number of aromatic nitrogens is 3. The molecule has 0 fully saturated rings. The third-order valence-corrected chi connectivity index (χ3v) is 2.63. The zero-order valence-electron chi connectivity index (χ0n) is 8.67. The lowest BCUT2D eigenvalue weighted by Crippen LogP contribution is -2.04. The Balaban J connectivity index is 2.33. The Morgan fingerprint density at radius 1 is 1.31 bits per heavy atom. The molecule has 0 atom stereocenters. The normalized spacial score (nSPS) is 10.6. The standard InChI is InChI=1S/C11H12ClN3O/c12-10-5-2-1-4-9(10)11-8-13-14-15(11)6-3-7-16/h1-2,4-5,8,16H,3,6-7H2. The summed E-state index contributed by atoms with van der Waals surface area (Å²) >= 11 is 6.10. The molecule has 0 bridgehead atoms. The van der Waals surface area contributed by atoms with Crippen LogP contribution < -0.4 is 0 Å². The number of aliphatic hydroxyl groups excluding tert-OH is 1. The molecular formula is C11H12ClN3O. The monoisotopic (exact) mass is 237 g/mol. The van der Waals surface area contributed by atoms with Crippen LogP contribution in [0.25, 0.3) is 11.3 Å². The first-order valence-corrected chi connectivity index (χ1v) is 5.45. The summed E-state index contributed by atoms with van der Waals surface area (Å²) in [5.41, 5.74) is 1.78. The molecule has 0 aliphatic carbocycles. The van der Waals surface area contributed by atoms with Crippen LogP contribution in [0.3, 0.4) is 0 Å². The van der Waals surface area contributed by atoms with E-state index in [0.717, 1.165) is 11.3 Å². The number of aliphatic hydroxyl groups is 1. The molecule has 0 saturated carbocycles. The molecule has 0 spiro atoms. The van der Waals surface area contributed by atoms with Gasteiger partial charge in [0.25, 0.3) is 0 Å². The minimum absolute atomic E-state index is 0.141. The predicted octanol–water partition coefficient (Wildman–Crippen LogP) is 1.98. The van der Waals surface area contributed by atoms with E-state index in [1.54, 1.807) is 10.9 Å². The van der Waals surface area contributed by atoms with Gasteiger partial charge in [0.1, 0.15) is 0 Å². The van der Waals surface area contributed by atoms with Crippen LogP contribution in [0.2, 0.25) is 5.02 Å². The summed E-state index contributed by atoms with van der Waals surface area (Å²) < 4.78 is 1.75. The van der Waals surface area contributed by atoms with Crippen molar-refractivity contribution in [3.05, 3.63) is 35.5 Å². The van der Waals surface area contributed by atoms with Crippen molar-refractivity contribution < 1.29 is 5.11 Å². The molecule has 0 radical (unpaired) electrons. The Labute approximate surface area is 98.5 Å². The van der Waals surface area contributed by atoms with Crippen molar-refractivity contribution in [2.24, 2.45) is 0 Å². The van der Waals surface area contributed by atoms with E-state index in [4.69, 9.17) is 16.7 Å². The third-order valence-electron chi connectivity index (χ3n) is 2.30. The lowest BCUT2D eigenvalue weighted by Gasteiger charge is -2.06. The molecule has 2 aromatic rings. The first-order chi connectivity index (χ1) is 7.83. The number of aryl methyl sites for hydroxylation is 1. The van der Waals surface area contributed by atoms with Crippen molar-refractivity contribution in [3.63, 3.8) is 0 Å². The Morgan fingerprint density at radius 3 is 2.88 bits per heavy atom. The zero-order valence-corrected chi connectivity index (χ0v) is 9.43. The van der Waals surface area contributed by atoms with Crippen LogP contribution in [-0.4, -0.2) is 26.7 Å². The molecule has 0 saturated heterocycles. The summed E-state index contributed by atoms with van der Waals surface area (Å²) in [7, 11) is 0. The van der Waals surface area contributed by atoms with E-state index in [0.29, 0.717) is 18.0 Å². The number of hydrogen-bond donors (Lipinski definition) is 1. The van der Waals surface area contributed by atoms with Gasteiger partial charge in [-0.1, -0.05) is 35.0 Å². The van der Waals surface area contributed by atoms with E-state index in [-0.39, 0.29) is 6.61 Å². The maximum Gasteiger partial charge on any atom is 0.0900 e. The van der Waals surface area contributed by atoms with Crippen LogP contribution >= 0.6 is 11.6 Å². The van der Waals surface area contributed by atoms with Crippen LogP contribution in [0.1, 0.15) is 6.42 Å². The molecule has 1 N–H and O–H groups in total. The average Bonchev–Trinajstić information content (AvgIpc) is 2.75. The van der Waals surface area contributed by atoms with Crippen molar-refractivity contribution in [2.75, 3.05) is 6.61 Å². The highest BCUT2D eigenvalue weighted by Gasteiger charge is 2.09. The predicted molar refractivity (Wildman–Crippen MR) is 62.2 cm³/mol. The molecule has 0 aliphatic rings. The largest absolute Gasteiger partial charge is 0.396 e. The van der Waals surface area contributed by atoms with Gasteiger partial charge >= 0.3 is 0 Å². The summed E-state index contributed by atoms with van der Waals surface area (Å²) in [6, 6.07) is 7.56. The Bertz CT molecular complexity index is 470. The minimum atomic E-state index is 0.141. The van der Waals surface area contributed by atoms with Crippen LogP contribution in [0.5, 0.6) is 0 Å². The molecule has 84 valence electrons. The van der Waals surface area contributed by atoms with Gasteiger partial charge in [-0.3, -0.25) is 0 Å². The lowest BCUT2D eigenvalue weighted by atomic mass is 10.1. The van der Waals surface area contributed by atoms with E-state index in [1.807, 2.05) is 24.3 Å². The number of nitrogens with zero attached hydrogens (tertiary/aromatic N) is 3. The fourth-order valence-electron chi connectivity index (χ4n) is 1.52. The van der Waals surface area contributed by atoms with Crippen molar-refractivity contribution >= 4 is 11.6 Å². The van der Waals surface area contributed by atoms with E-state index in [2.05, 4.69) is 10.3 Å². The van der Waals surface area contributed by atoms with Gasteiger partial charge in [-0.25, -0.2) is 4.68 Å². The van der Waals surface area contributed by atoms with Gasteiger partial charge in [0, 0.05) is 18.7 Å². The van der Waals surface area contributed by atoms with Gasteiger partial charge in [0.2, 0.25) is 0 Å². The Hall–Kier alpha value is -1.39. The number of hydrogen-bond acceptors (Lipinski definition) is 3. The quantitative estimate of drug-likeness (QED) is 0.885. The van der Waals surface area contributed by atoms with Gasteiger partial charge < -0.3 is 5.11 Å². The first-order valence-electron chi connectivity index (χ1n) is 5.07. The van der Waals surface area contributed by atoms with Crippen molar-refractivity contribution in [3.8, 4) is 11.3 Å². The van der Waals surface area contributed by atoms with Crippen LogP contribution in [-0.2, 0) is 6.54 Å². The summed E-state index contributed by atoms with van der Waals surface area (Å²) in [5, 5.41) is 17.3. The average molecular weight is 238 g/mol. The minimum Gasteiger partial charge on any atom is -0.396 e. The second-order valence-corrected chi connectivity index (χ2v) is 3.81. The topological polar surface area (TPSA) is 50.9 Å². The maximum absolute atomic E-state index is 8.79. The van der Waals surface area contributed by atoms with Gasteiger partial charge in [-0.15, -0.1) is 5.10 Å². The van der Waals surface area contributed by atoms with E-state index in [9.17, 15) is 0 Å². The fourth-order valence-corrected chi connectivity index (χ4v) is 1.75. The first kappa shape index (κ1) is 11.1. The molecule has 0 amide bonds. The SMILES string of the molecule is OCCCn1nncc1-c1ccccc1Cl. The van der Waals surface area contributed by atoms with Crippen LogP contribution in [0.4, 0.5) is 0 Å². The van der Waals surface area contributed by atoms with Gasteiger partial charge in [0.15, 0.2) is 0 Å². The number of benzene rings is 1. The zero-order chi connectivity index (χ0) is 11.4. The Morgan fingerprint density at radius 2 is 2.12 bits per heavy atom. The number of halogens is 1. The van der Waals surface area contributed by atoms with Gasteiger partial charge in [-0.2, -0.15) is 0 Å². The second kappa shape index (κ2) is 5.09. The fraction of sp³-hybridized carbons (Fsp3) is 0.273. The molecule has 1 heterocycles.